The van der Waals surface area contributed by atoms with Gasteiger partial charge in [0.05, 0.1) is 19.3 Å². The molecule has 0 saturated heterocycles. The predicted molar refractivity (Wildman–Crippen MR) is 83.7 cm³/mol. The van der Waals surface area contributed by atoms with E-state index in [-0.39, 0.29) is 12.4 Å². The number of benzene rings is 1. The van der Waals surface area contributed by atoms with Gasteiger partial charge in [-0.1, -0.05) is 0 Å². The van der Waals surface area contributed by atoms with Gasteiger partial charge in [0.2, 0.25) is 5.75 Å². The highest BCUT2D eigenvalue weighted by Crippen LogP contribution is 2.48. The lowest BCUT2D eigenvalue weighted by Crippen LogP contribution is -2.54. The maximum atomic E-state index is 10.4. The summed E-state index contributed by atoms with van der Waals surface area (Å²) in [6.07, 6.45) is -0.788. The molecule has 1 heterocycles. The van der Waals surface area contributed by atoms with E-state index in [0.717, 1.165) is 0 Å². The van der Waals surface area contributed by atoms with E-state index in [1.807, 2.05) is 27.7 Å². The standard InChI is InChI=1S/C15H23NO4.ClH/c1-5-18-10-8-7-9-11(17)14(16)15(3,4)20-12(9)13(10)19-6-2;/h7-8,11,14,17H,5-6,16H2,1-4H3;1H. The topological polar surface area (TPSA) is 73.9 Å². The van der Waals surface area contributed by atoms with Gasteiger partial charge in [-0.15, -0.1) is 12.4 Å². The number of nitrogens with two attached hydrogens (primary N) is 1. The molecule has 0 radical (unpaired) electrons. The Morgan fingerprint density at radius 2 is 1.86 bits per heavy atom. The molecule has 1 aromatic carbocycles. The maximum Gasteiger partial charge on any atom is 0.203 e. The van der Waals surface area contributed by atoms with E-state index in [1.54, 1.807) is 12.1 Å². The summed E-state index contributed by atoms with van der Waals surface area (Å²) >= 11 is 0. The molecule has 2 unspecified atom stereocenters. The smallest absolute Gasteiger partial charge is 0.203 e. The molecule has 2 rings (SSSR count). The number of fused-ring (bicyclic) bond motifs is 1. The van der Waals surface area contributed by atoms with Gasteiger partial charge in [0.25, 0.3) is 0 Å². The lowest BCUT2D eigenvalue weighted by atomic mass is 9.86. The first-order valence-electron chi connectivity index (χ1n) is 6.97. The Bertz CT molecular complexity index is 493. The van der Waals surface area contributed by atoms with Crippen LogP contribution in [-0.4, -0.2) is 30.0 Å². The van der Waals surface area contributed by atoms with Crippen molar-refractivity contribution in [3.8, 4) is 17.2 Å². The molecule has 3 N–H and O–H groups in total. The number of rotatable bonds is 4. The Kier molecular flexibility index (Phi) is 5.73. The summed E-state index contributed by atoms with van der Waals surface area (Å²) in [5.74, 6) is 1.68. The number of aliphatic hydroxyl groups excluding tert-OH is 1. The zero-order valence-corrected chi connectivity index (χ0v) is 13.7. The highest BCUT2D eigenvalue weighted by molar-refractivity contribution is 5.85. The minimum Gasteiger partial charge on any atom is -0.490 e. The Balaban J connectivity index is 0.00000220. The molecular weight excluding hydrogens is 294 g/mol. The first-order chi connectivity index (χ1) is 9.42. The first-order valence-corrected chi connectivity index (χ1v) is 6.97. The summed E-state index contributed by atoms with van der Waals surface area (Å²) in [6.45, 7) is 8.53. The summed E-state index contributed by atoms with van der Waals surface area (Å²) < 4.78 is 17.2. The van der Waals surface area contributed by atoms with Gasteiger partial charge >= 0.3 is 0 Å². The summed E-state index contributed by atoms with van der Waals surface area (Å²) in [4.78, 5) is 0. The van der Waals surface area contributed by atoms with Crippen molar-refractivity contribution in [1.29, 1.82) is 0 Å². The SMILES string of the molecule is CCOc1ccc2c(c1OCC)OC(C)(C)C(N)C2O.Cl. The Labute approximate surface area is 131 Å². The molecule has 0 aliphatic carbocycles. The second-order valence-corrected chi connectivity index (χ2v) is 5.35. The lowest BCUT2D eigenvalue weighted by Gasteiger charge is -2.41. The van der Waals surface area contributed by atoms with Gasteiger partial charge in [-0.2, -0.15) is 0 Å². The van der Waals surface area contributed by atoms with Crippen LogP contribution in [-0.2, 0) is 0 Å². The predicted octanol–water partition coefficient (Wildman–Crippen LogP) is 2.44. The van der Waals surface area contributed by atoms with E-state index in [4.69, 9.17) is 19.9 Å². The van der Waals surface area contributed by atoms with Gasteiger partial charge in [-0.25, -0.2) is 0 Å². The second kappa shape index (κ2) is 6.73. The van der Waals surface area contributed by atoms with Gasteiger partial charge < -0.3 is 25.1 Å². The number of halogens is 1. The van der Waals surface area contributed by atoms with Crippen LogP contribution >= 0.6 is 12.4 Å². The maximum absolute atomic E-state index is 10.4. The lowest BCUT2D eigenvalue weighted by molar-refractivity contribution is -0.0143. The molecule has 120 valence electrons. The largest absolute Gasteiger partial charge is 0.490 e. The summed E-state index contributed by atoms with van der Waals surface area (Å²) in [6, 6.07) is 3.07. The molecule has 1 aliphatic heterocycles. The minimum atomic E-state index is -0.788. The third-order valence-corrected chi connectivity index (χ3v) is 3.52. The van der Waals surface area contributed by atoms with Gasteiger partial charge in [-0.05, 0) is 39.8 Å². The number of hydrogen-bond acceptors (Lipinski definition) is 5. The third kappa shape index (κ3) is 3.20. The first kappa shape index (κ1) is 17.9. The molecular formula is C15H24ClNO4. The van der Waals surface area contributed by atoms with Gasteiger partial charge in [0, 0.05) is 5.56 Å². The minimum absolute atomic E-state index is 0. The van der Waals surface area contributed by atoms with Crippen molar-refractivity contribution in [2.24, 2.45) is 5.73 Å². The van der Waals surface area contributed by atoms with Crippen molar-refractivity contribution in [3.63, 3.8) is 0 Å². The van der Waals surface area contributed by atoms with Crippen LogP contribution in [0.5, 0.6) is 17.2 Å². The summed E-state index contributed by atoms with van der Waals surface area (Å²) in [5.41, 5.74) is 6.01. The van der Waals surface area contributed by atoms with Gasteiger partial charge in [-0.3, -0.25) is 0 Å². The fourth-order valence-electron chi connectivity index (χ4n) is 2.35. The van der Waals surface area contributed by atoms with E-state index < -0.39 is 17.7 Å². The molecule has 1 aliphatic rings. The van der Waals surface area contributed by atoms with E-state index in [9.17, 15) is 5.11 Å². The van der Waals surface area contributed by atoms with Gasteiger partial charge in [0.1, 0.15) is 11.7 Å². The van der Waals surface area contributed by atoms with Crippen LogP contribution in [0.15, 0.2) is 12.1 Å². The molecule has 0 bridgehead atoms. The normalized spacial score (nSPS) is 22.6. The van der Waals surface area contributed by atoms with Crippen LogP contribution in [0.4, 0.5) is 0 Å². The molecule has 6 heteroatoms. The zero-order valence-electron chi connectivity index (χ0n) is 12.9. The monoisotopic (exact) mass is 317 g/mol. The molecule has 5 nitrogen and oxygen atoms in total. The van der Waals surface area contributed by atoms with Gasteiger partial charge in [0.15, 0.2) is 11.5 Å². The Morgan fingerprint density at radius 3 is 2.43 bits per heavy atom. The van der Waals surface area contributed by atoms with Crippen molar-refractivity contribution >= 4 is 12.4 Å². The van der Waals surface area contributed by atoms with Crippen LogP contribution in [0, 0.1) is 0 Å². The Hall–Kier alpha value is -1.17. The second-order valence-electron chi connectivity index (χ2n) is 5.35. The van der Waals surface area contributed by atoms with Crippen LogP contribution in [0.2, 0.25) is 0 Å². The molecule has 2 atom stereocenters. The van der Waals surface area contributed by atoms with Crippen molar-refractivity contribution in [2.45, 2.75) is 45.4 Å². The fourth-order valence-corrected chi connectivity index (χ4v) is 2.35. The number of hydrogen-bond donors (Lipinski definition) is 2. The fraction of sp³-hybridized carbons (Fsp3) is 0.600. The van der Waals surface area contributed by atoms with Crippen LogP contribution < -0.4 is 19.9 Å². The molecule has 0 amide bonds. The number of aliphatic hydroxyl groups is 1. The molecule has 0 fully saturated rings. The average Bonchev–Trinajstić information content (AvgIpc) is 2.39. The summed E-state index contributed by atoms with van der Waals surface area (Å²) in [7, 11) is 0. The van der Waals surface area contributed by atoms with Crippen molar-refractivity contribution in [3.05, 3.63) is 17.7 Å². The van der Waals surface area contributed by atoms with E-state index in [1.165, 1.54) is 0 Å². The molecule has 1 aromatic rings. The van der Waals surface area contributed by atoms with Crippen molar-refractivity contribution < 1.29 is 19.3 Å². The van der Waals surface area contributed by atoms with Crippen LogP contribution in [0.3, 0.4) is 0 Å². The quantitative estimate of drug-likeness (QED) is 0.892. The van der Waals surface area contributed by atoms with Crippen LogP contribution in [0.25, 0.3) is 0 Å². The number of ether oxygens (including phenoxy) is 3. The average molecular weight is 318 g/mol. The Morgan fingerprint density at radius 1 is 1.24 bits per heavy atom. The van der Waals surface area contributed by atoms with E-state index in [0.29, 0.717) is 36.0 Å². The zero-order chi connectivity index (χ0) is 14.9. The van der Waals surface area contributed by atoms with Crippen LogP contribution in [0.1, 0.15) is 39.4 Å². The highest BCUT2D eigenvalue weighted by Gasteiger charge is 2.42. The molecule has 0 saturated carbocycles. The highest BCUT2D eigenvalue weighted by atomic mass is 35.5. The molecule has 21 heavy (non-hydrogen) atoms. The van der Waals surface area contributed by atoms with E-state index >= 15 is 0 Å². The molecule has 0 spiro atoms. The summed E-state index contributed by atoms with van der Waals surface area (Å²) in [5, 5.41) is 10.4. The van der Waals surface area contributed by atoms with Crippen molar-refractivity contribution in [1.82, 2.24) is 0 Å². The van der Waals surface area contributed by atoms with Crippen molar-refractivity contribution in [2.75, 3.05) is 13.2 Å². The molecule has 0 aromatic heterocycles. The third-order valence-electron chi connectivity index (χ3n) is 3.52. The van der Waals surface area contributed by atoms with E-state index in [2.05, 4.69) is 0 Å².